The first-order valence-electron chi connectivity index (χ1n) is 5.71. The number of rotatable bonds is 5. The predicted molar refractivity (Wildman–Crippen MR) is 82.4 cm³/mol. The number of amides is 1. The molecule has 0 saturated carbocycles. The lowest BCUT2D eigenvalue weighted by atomic mass is 10.1. The zero-order valence-corrected chi connectivity index (χ0v) is 13.2. The summed E-state index contributed by atoms with van der Waals surface area (Å²) in [4.78, 5) is 22.5. The van der Waals surface area contributed by atoms with Gasteiger partial charge < -0.3 is 5.11 Å². The first-order chi connectivity index (χ1) is 9.95. The van der Waals surface area contributed by atoms with Crippen molar-refractivity contribution in [3.63, 3.8) is 0 Å². The molecule has 6 nitrogen and oxygen atoms in total. The summed E-state index contributed by atoms with van der Waals surface area (Å²) in [7, 11) is 0. The number of hydrogen-bond acceptors (Lipinski definition) is 6. The molecule has 1 amide bonds. The van der Waals surface area contributed by atoms with E-state index in [1.54, 1.807) is 18.2 Å². The number of aromatic nitrogens is 2. The van der Waals surface area contributed by atoms with E-state index in [2.05, 4.69) is 15.5 Å². The van der Waals surface area contributed by atoms with Crippen molar-refractivity contribution >= 4 is 51.7 Å². The van der Waals surface area contributed by atoms with Crippen LogP contribution in [0.3, 0.4) is 0 Å². The van der Waals surface area contributed by atoms with Gasteiger partial charge in [0.15, 0.2) is 4.34 Å². The summed E-state index contributed by atoms with van der Waals surface area (Å²) in [6, 6.07) is 5.12. The van der Waals surface area contributed by atoms with Gasteiger partial charge in [-0.1, -0.05) is 40.8 Å². The van der Waals surface area contributed by atoms with Gasteiger partial charge >= 0.3 is 5.97 Å². The first-order valence-corrected chi connectivity index (χ1v) is 7.89. The van der Waals surface area contributed by atoms with Gasteiger partial charge in [0.2, 0.25) is 5.13 Å². The molecule has 0 aliphatic rings. The lowest BCUT2D eigenvalue weighted by molar-refractivity contribution is -0.133. The van der Waals surface area contributed by atoms with Crippen molar-refractivity contribution in [2.75, 3.05) is 11.1 Å². The van der Waals surface area contributed by atoms with E-state index in [9.17, 15) is 9.59 Å². The third kappa shape index (κ3) is 4.42. The molecular formula is C12H10ClN3O3S2. The summed E-state index contributed by atoms with van der Waals surface area (Å²) in [6.45, 7) is 1.88. The lowest BCUT2D eigenvalue weighted by Crippen LogP contribution is -2.12. The summed E-state index contributed by atoms with van der Waals surface area (Å²) in [6.07, 6.45) is 0. The number of nitrogens with one attached hydrogen (secondary N) is 1. The van der Waals surface area contributed by atoms with Crippen LogP contribution in [0, 0.1) is 6.92 Å². The molecule has 0 radical (unpaired) electrons. The second-order valence-corrected chi connectivity index (χ2v) is 6.60. The topological polar surface area (TPSA) is 92.2 Å². The Balaban J connectivity index is 2.04. The highest BCUT2D eigenvalue weighted by molar-refractivity contribution is 8.01. The number of hydrogen-bond donors (Lipinski definition) is 2. The van der Waals surface area contributed by atoms with Crippen molar-refractivity contribution in [2.24, 2.45) is 0 Å². The minimum absolute atomic E-state index is 0.105. The molecule has 2 N–H and O–H groups in total. The molecule has 9 heteroatoms. The number of halogens is 1. The van der Waals surface area contributed by atoms with Gasteiger partial charge in [-0.2, -0.15) is 0 Å². The van der Waals surface area contributed by atoms with Crippen molar-refractivity contribution in [3.8, 4) is 0 Å². The smallest absolute Gasteiger partial charge is 0.313 e. The van der Waals surface area contributed by atoms with E-state index in [1.807, 2.05) is 6.92 Å². The maximum absolute atomic E-state index is 12.1. The Labute approximate surface area is 133 Å². The average Bonchev–Trinajstić information content (AvgIpc) is 2.83. The third-order valence-electron chi connectivity index (χ3n) is 2.32. The van der Waals surface area contributed by atoms with E-state index in [0.717, 1.165) is 28.7 Å². The Hall–Kier alpha value is -1.64. The highest BCUT2D eigenvalue weighted by Gasteiger charge is 2.14. The number of carboxylic acid groups (broad SMARTS) is 1. The Morgan fingerprint density at radius 1 is 1.43 bits per heavy atom. The molecule has 2 aromatic rings. The summed E-state index contributed by atoms with van der Waals surface area (Å²) in [5, 5.41) is 19.4. The predicted octanol–water partition coefficient (Wildman–Crippen LogP) is 2.93. The van der Waals surface area contributed by atoms with Crippen LogP contribution in [0.5, 0.6) is 0 Å². The minimum atomic E-state index is -0.938. The second kappa shape index (κ2) is 6.88. The second-order valence-electron chi connectivity index (χ2n) is 3.99. The standard InChI is InChI=1S/C12H10ClN3O3S2/c1-6-2-3-7(8(13)4-6)10(19)14-11-15-16-12(21-11)20-5-9(17)18/h2-4H,5H2,1H3,(H,17,18)(H,14,15,19). The van der Waals surface area contributed by atoms with Gasteiger partial charge in [-0.25, -0.2) is 0 Å². The fraction of sp³-hybridized carbons (Fsp3) is 0.167. The summed E-state index contributed by atoms with van der Waals surface area (Å²) in [5.41, 5.74) is 1.30. The Morgan fingerprint density at radius 3 is 2.86 bits per heavy atom. The lowest BCUT2D eigenvalue weighted by Gasteiger charge is -2.04. The molecule has 0 aliphatic carbocycles. The van der Waals surface area contributed by atoms with Crippen LogP contribution in [0.4, 0.5) is 5.13 Å². The molecule has 2 rings (SSSR count). The molecule has 21 heavy (non-hydrogen) atoms. The Bertz CT molecular complexity index is 690. The van der Waals surface area contributed by atoms with E-state index in [1.165, 1.54) is 0 Å². The van der Waals surface area contributed by atoms with Gasteiger partial charge in [0.25, 0.3) is 5.91 Å². The molecule has 0 spiro atoms. The molecule has 1 aromatic carbocycles. The Morgan fingerprint density at radius 2 is 2.19 bits per heavy atom. The summed E-state index contributed by atoms with van der Waals surface area (Å²) in [5.74, 6) is -1.43. The van der Waals surface area contributed by atoms with Crippen molar-refractivity contribution in [1.29, 1.82) is 0 Å². The van der Waals surface area contributed by atoms with Gasteiger partial charge in [0.1, 0.15) is 0 Å². The van der Waals surface area contributed by atoms with E-state index >= 15 is 0 Å². The van der Waals surface area contributed by atoms with Gasteiger partial charge in [-0.15, -0.1) is 10.2 Å². The summed E-state index contributed by atoms with van der Waals surface area (Å²) >= 11 is 8.17. The van der Waals surface area contributed by atoms with Crippen molar-refractivity contribution < 1.29 is 14.7 Å². The van der Waals surface area contributed by atoms with E-state index in [0.29, 0.717) is 20.1 Å². The highest BCUT2D eigenvalue weighted by atomic mass is 35.5. The van der Waals surface area contributed by atoms with Gasteiger partial charge in [-0.3, -0.25) is 14.9 Å². The molecule has 110 valence electrons. The fourth-order valence-electron chi connectivity index (χ4n) is 1.41. The Kier molecular flexibility index (Phi) is 5.16. The van der Waals surface area contributed by atoms with Crippen molar-refractivity contribution in [3.05, 3.63) is 34.3 Å². The molecule has 0 aliphatic heterocycles. The molecule has 1 heterocycles. The molecular weight excluding hydrogens is 334 g/mol. The molecule has 0 fully saturated rings. The minimum Gasteiger partial charge on any atom is -0.481 e. The van der Waals surface area contributed by atoms with Crippen LogP contribution in [0.15, 0.2) is 22.5 Å². The number of thioether (sulfide) groups is 1. The van der Waals surface area contributed by atoms with Gasteiger partial charge in [0.05, 0.1) is 16.3 Å². The number of benzene rings is 1. The SMILES string of the molecule is Cc1ccc(C(=O)Nc2nnc(SCC(=O)O)s2)c(Cl)c1. The first kappa shape index (κ1) is 15.7. The van der Waals surface area contributed by atoms with Gasteiger partial charge in [-0.05, 0) is 24.6 Å². The molecule has 0 unspecified atom stereocenters. The quantitative estimate of drug-likeness (QED) is 0.640. The monoisotopic (exact) mass is 343 g/mol. The molecule has 0 bridgehead atoms. The number of aliphatic carboxylic acids is 1. The molecule has 1 aromatic heterocycles. The number of anilines is 1. The van der Waals surface area contributed by atoms with Crippen LogP contribution in [0.25, 0.3) is 0 Å². The molecule has 0 atom stereocenters. The van der Waals surface area contributed by atoms with E-state index in [4.69, 9.17) is 16.7 Å². The van der Waals surface area contributed by atoms with Crippen molar-refractivity contribution in [1.82, 2.24) is 10.2 Å². The fourth-order valence-corrected chi connectivity index (χ4v) is 3.20. The average molecular weight is 344 g/mol. The van der Waals surface area contributed by atoms with E-state index in [-0.39, 0.29) is 11.7 Å². The van der Waals surface area contributed by atoms with Crippen LogP contribution in [0.1, 0.15) is 15.9 Å². The van der Waals surface area contributed by atoms with Crippen LogP contribution < -0.4 is 5.32 Å². The van der Waals surface area contributed by atoms with Crippen LogP contribution in [-0.4, -0.2) is 32.9 Å². The third-order valence-corrected chi connectivity index (χ3v) is 4.58. The largest absolute Gasteiger partial charge is 0.481 e. The number of carbonyl (C=O) groups excluding carboxylic acids is 1. The van der Waals surface area contributed by atoms with Crippen molar-refractivity contribution in [2.45, 2.75) is 11.3 Å². The highest BCUT2D eigenvalue weighted by Crippen LogP contribution is 2.26. The zero-order chi connectivity index (χ0) is 15.4. The maximum Gasteiger partial charge on any atom is 0.313 e. The van der Waals surface area contributed by atoms with Crippen LogP contribution >= 0.6 is 34.7 Å². The number of aryl methyl sites for hydroxylation is 1. The zero-order valence-electron chi connectivity index (χ0n) is 10.8. The van der Waals surface area contributed by atoms with Gasteiger partial charge in [0, 0.05) is 0 Å². The maximum atomic E-state index is 12.1. The number of nitrogens with zero attached hydrogens (tertiary/aromatic N) is 2. The van der Waals surface area contributed by atoms with E-state index < -0.39 is 5.97 Å². The number of carbonyl (C=O) groups is 2. The summed E-state index contributed by atoms with van der Waals surface area (Å²) < 4.78 is 0.475. The number of carboxylic acids is 1. The van der Waals surface area contributed by atoms with Crippen LogP contribution in [-0.2, 0) is 4.79 Å². The molecule has 0 saturated heterocycles. The van der Waals surface area contributed by atoms with Crippen LogP contribution in [0.2, 0.25) is 5.02 Å². The normalized spacial score (nSPS) is 10.4.